The first-order valence-electron chi connectivity index (χ1n) is 3.88. The second-order valence-electron chi connectivity index (χ2n) is 3.13. The van der Waals surface area contributed by atoms with Crippen molar-refractivity contribution in [2.24, 2.45) is 0 Å². The van der Waals surface area contributed by atoms with E-state index in [1.54, 1.807) is 0 Å². The third kappa shape index (κ3) is 1.95. The Kier molecular flexibility index (Phi) is 2.93. The van der Waals surface area contributed by atoms with Crippen molar-refractivity contribution in [3.63, 3.8) is 0 Å². The smallest absolute Gasteiger partial charge is 0.0167 e. The van der Waals surface area contributed by atoms with E-state index < -0.39 is 0 Å². The van der Waals surface area contributed by atoms with Gasteiger partial charge in [0, 0.05) is 3.57 Å². The molecule has 0 unspecified atom stereocenters. The van der Waals surface area contributed by atoms with Gasteiger partial charge in [0.15, 0.2) is 0 Å². The average Bonchev–Trinajstić information content (AvgIpc) is 1.85. The van der Waals surface area contributed by atoms with Gasteiger partial charge < -0.3 is 0 Å². The Labute approximate surface area is 82.2 Å². The summed E-state index contributed by atoms with van der Waals surface area (Å²) in [5.74, 6) is 0.642. The van der Waals surface area contributed by atoms with Gasteiger partial charge in [0.25, 0.3) is 0 Å². The number of hydrogen-bond acceptors (Lipinski definition) is 0. The van der Waals surface area contributed by atoms with E-state index in [2.05, 4.69) is 61.6 Å². The zero-order valence-corrected chi connectivity index (χ0v) is 9.34. The molecule has 0 aliphatic carbocycles. The molecule has 0 N–H and O–H groups in total. The monoisotopic (exact) mass is 260 g/mol. The average molecular weight is 260 g/mol. The molecule has 0 saturated carbocycles. The third-order valence-corrected chi connectivity index (χ3v) is 2.79. The van der Waals surface area contributed by atoms with Gasteiger partial charge in [-0.25, -0.2) is 0 Å². The van der Waals surface area contributed by atoms with Gasteiger partial charge in [0.1, 0.15) is 0 Å². The number of rotatable bonds is 1. The van der Waals surface area contributed by atoms with Crippen LogP contribution in [0, 0.1) is 10.5 Å². The van der Waals surface area contributed by atoms with E-state index in [0.29, 0.717) is 5.92 Å². The standard InChI is InChI=1S/C10H13I/c1-7(2)10-8(3)5-4-6-9(10)11/h4-7H,1-3H3. The molecule has 0 radical (unpaired) electrons. The van der Waals surface area contributed by atoms with E-state index in [-0.39, 0.29) is 0 Å². The van der Waals surface area contributed by atoms with Crippen LogP contribution in [0.15, 0.2) is 18.2 Å². The third-order valence-electron chi connectivity index (χ3n) is 1.85. The summed E-state index contributed by atoms with van der Waals surface area (Å²) < 4.78 is 1.39. The zero-order valence-electron chi connectivity index (χ0n) is 7.19. The van der Waals surface area contributed by atoms with Crippen LogP contribution in [0.4, 0.5) is 0 Å². The Morgan fingerprint density at radius 1 is 1.27 bits per heavy atom. The van der Waals surface area contributed by atoms with Crippen molar-refractivity contribution < 1.29 is 0 Å². The molecule has 0 nitrogen and oxygen atoms in total. The van der Waals surface area contributed by atoms with Gasteiger partial charge in [0.05, 0.1) is 0 Å². The fraction of sp³-hybridized carbons (Fsp3) is 0.400. The van der Waals surface area contributed by atoms with Crippen LogP contribution in [-0.4, -0.2) is 0 Å². The zero-order chi connectivity index (χ0) is 8.43. The van der Waals surface area contributed by atoms with Crippen molar-refractivity contribution in [1.29, 1.82) is 0 Å². The number of halogens is 1. The minimum absolute atomic E-state index is 0.642. The van der Waals surface area contributed by atoms with Crippen LogP contribution in [0.2, 0.25) is 0 Å². The first kappa shape index (κ1) is 9.04. The van der Waals surface area contributed by atoms with Gasteiger partial charge in [-0.1, -0.05) is 26.0 Å². The molecule has 0 aromatic heterocycles. The molecule has 0 aliphatic rings. The van der Waals surface area contributed by atoms with E-state index in [1.165, 1.54) is 14.7 Å². The summed E-state index contributed by atoms with van der Waals surface area (Å²) >= 11 is 2.40. The summed E-state index contributed by atoms with van der Waals surface area (Å²) in [5.41, 5.74) is 2.90. The van der Waals surface area contributed by atoms with Crippen LogP contribution in [0.3, 0.4) is 0 Å². The Bertz CT molecular complexity index is 231. The van der Waals surface area contributed by atoms with E-state index in [1.807, 2.05) is 0 Å². The van der Waals surface area contributed by atoms with Gasteiger partial charge in [-0.2, -0.15) is 0 Å². The summed E-state index contributed by atoms with van der Waals surface area (Å²) in [6.07, 6.45) is 0. The normalized spacial score (nSPS) is 10.6. The van der Waals surface area contributed by atoms with E-state index in [0.717, 1.165) is 0 Å². The van der Waals surface area contributed by atoms with Crippen LogP contribution in [-0.2, 0) is 0 Å². The maximum Gasteiger partial charge on any atom is 0.0167 e. The quantitative estimate of drug-likeness (QED) is 0.675. The minimum atomic E-state index is 0.642. The topological polar surface area (TPSA) is 0 Å². The fourth-order valence-electron chi connectivity index (χ4n) is 1.38. The Balaban J connectivity index is 3.21. The molecule has 11 heavy (non-hydrogen) atoms. The molecule has 0 aliphatic heterocycles. The SMILES string of the molecule is Cc1cccc(I)c1C(C)C. The Hall–Kier alpha value is -0.0500. The van der Waals surface area contributed by atoms with E-state index in [4.69, 9.17) is 0 Å². The lowest BCUT2D eigenvalue weighted by molar-refractivity contribution is 0.850. The van der Waals surface area contributed by atoms with Crippen LogP contribution in [0.1, 0.15) is 30.9 Å². The molecule has 60 valence electrons. The molecule has 0 atom stereocenters. The Morgan fingerprint density at radius 3 is 2.27 bits per heavy atom. The highest BCUT2D eigenvalue weighted by atomic mass is 127. The maximum absolute atomic E-state index is 2.40. The highest BCUT2D eigenvalue weighted by Gasteiger charge is 2.05. The largest absolute Gasteiger partial charge is 0.0609 e. The van der Waals surface area contributed by atoms with Crippen molar-refractivity contribution >= 4 is 22.6 Å². The molecule has 1 heteroatoms. The molecular formula is C10H13I. The second kappa shape index (κ2) is 3.57. The first-order chi connectivity index (χ1) is 5.13. The summed E-state index contributed by atoms with van der Waals surface area (Å²) in [5, 5.41) is 0. The highest BCUT2D eigenvalue weighted by molar-refractivity contribution is 14.1. The number of aryl methyl sites for hydroxylation is 1. The molecule has 1 rings (SSSR count). The van der Waals surface area contributed by atoms with Gasteiger partial charge in [-0.05, 0) is 52.6 Å². The van der Waals surface area contributed by atoms with Crippen molar-refractivity contribution in [3.05, 3.63) is 32.9 Å². The molecular weight excluding hydrogens is 247 g/mol. The van der Waals surface area contributed by atoms with Gasteiger partial charge in [0.2, 0.25) is 0 Å². The molecule has 0 amide bonds. The van der Waals surface area contributed by atoms with Gasteiger partial charge in [-0.15, -0.1) is 0 Å². The summed E-state index contributed by atoms with van der Waals surface area (Å²) in [4.78, 5) is 0. The number of hydrogen-bond donors (Lipinski definition) is 0. The molecule has 0 fully saturated rings. The summed E-state index contributed by atoms with van der Waals surface area (Å²) in [6.45, 7) is 6.66. The van der Waals surface area contributed by atoms with Crippen LogP contribution in [0.25, 0.3) is 0 Å². The minimum Gasteiger partial charge on any atom is -0.0609 e. The van der Waals surface area contributed by atoms with Crippen LogP contribution < -0.4 is 0 Å². The molecule has 1 aromatic carbocycles. The van der Waals surface area contributed by atoms with Gasteiger partial charge >= 0.3 is 0 Å². The molecule has 0 heterocycles. The highest BCUT2D eigenvalue weighted by Crippen LogP contribution is 2.24. The van der Waals surface area contributed by atoms with Crippen molar-refractivity contribution in [2.75, 3.05) is 0 Å². The molecule has 0 spiro atoms. The van der Waals surface area contributed by atoms with Crippen LogP contribution in [0.5, 0.6) is 0 Å². The predicted octanol–water partition coefficient (Wildman–Crippen LogP) is 3.72. The lowest BCUT2D eigenvalue weighted by Crippen LogP contribution is -1.94. The first-order valence-corrected chi connectivity index (χ1v) is 4.96. The van der Waals surface area contributed by atoms with E-state index >= 15 is 0 Å². The molecule has 0 bridgehead atoms. The van der Waals surface area contributed by atoms with Crippen LogP contribution >= 0.6 is 22.6 Å². The maximum atomic E-state index is 2.40. The summed E-state index contributed by atoms with van der Waals surface area (Å²) in [6, 6.07) is 6.46. The lowest BCUT2D eigenvalue weighted by atomic mass is 9.98. The number of benzene rings is 1. The second-order valence-corrected chi connectivity index (χ2v) is 4.29. The van der Waals surface area contributed by atoms with E-state index in [9.17, 15) is 0 Å². The predicted molar refractivity (Wildman–Crippen MR) is 58.0 cm³/mol. The lowest BCUT2D eigenvalue weighted by Gasteiger charge is -2.11. The van der Waals surface area contributed by atoms with Crippen molar-refractivity contribution in [2.45, 2.75) is 26.7 Å². The van der Waals surface area contributed by atoms with Crippen molar-refractivity contribution in [1.82, 2.24) is 0 Å². The molecule has 1 aromatic rings. The molecule has 0 saturated heterocycles. The van der Waals surface area contributed by atoms with Crippen molar-refractivity contribution in [3.8, 4) is 0 Å². The summed E-state index contributed by atoms with van der Waals surface area (Å²) in [7, 11) is 0. The van der Waals surface area contributed by atoms with Gasteiger partial charge in [-0.3, -0.25) is 0 Å². The Morgan fingerprint density at radius 2 is 1.91 bits per heavy atom. The fourth-order valence-corrected chi connectivity index (χ4v) is 2.63.